The lowest BCUT2D eigenvalue weighted by molar-refractivity contribution is 0.0932. The molecule has 1 unspecified atom stereocenters. The first kappa shape index (κ1) is 11.4. The van der Waals surface area contributed by atoms with Crippen molar-refractivity contribution >= 4 is 5.91 Å². The minimum atomic E-state index is -0.0756. The monoisotopic (exact) mass is 204 g/mol. The second kappa shape index (κ2) is 4.70. The molecule has 1 aromatic rings. The summed E-state index contributed by atoms with van der Waals surface area (Å²) in [6.07, 6.45) is 5.72. The average Bonchev–Trinajstić information content (AvgIpc) is 2.48. The first-order valence-electron chi connectivity index (χ1n) is 4.93. The van der Waals surface area contributed by atoms with E-state index >= 15 is 0 Å². The van der Waals surface area contributed by atoms with Crippen molar-refractivity contribution in [2.24, 2.45) is 7.05 Å². The van der Waals surface area contributed by atoms with Gasteiger partial charge in [-0.1, -0.05) is 0 Å². The minimum absolute atomic E-state index is 0.0118. The van der Waals surface area contributed by atoms with Gasteiger partial charge < -0.3 is 9.88 Å². The van der Waals surface area contributed by atoms with Gasteiger partial charge in [-0.05, 0) is 26.0 Å². The maximum Gasteiger partial charge on any atom is 0.268 e. The molecule has 0 saturated carbocycles. The van der Waals surface area contributed by atoms with Crippen LogP contribution in [0.3, 0.4) is 0 Å². The zero-order chi connectivity index (χ0) is 11.4. The van der Waals surface area contributed by atoms with Gasteiger partial charge in [0.15, 0.2) is 0 Å². The van der Waals surface area contributed by atoms with Gasteiger partial charge in [0.1, 0.15) is 5.69 Å². The zero-order valence-electron chi connectivity index (χ0n) is 9.37. The zero-order valence-corrected chi connectivity index (χ0v) is 9.37. The maximum atomic E-state index is 11.8. The van der Waals surface area contributed by atoms with Crippen LogP contribution >= 0.6 is 0 Å². The number of hydrogen-bond acceptors (Lipinski definition) is 1. The lowest BCUT2D eigenvalue weighted by Gasteiger charge is -2.11. The van der Waals surface area contributed by atoms with Crippen molar-refractivity contribution in [1.29, 1.82) is 0 Å². The molecule has 0 fully saturated rings. The summed E-state index contributed by atoms with van der Waals surface area (Å²) in [5.41, 5.74) is 1.72. The van der Waals surface area contributed by atoms with Gasteiger partial charge in [0.05, 0.1) is 0 Å². The average molecular weight is 204 g/mol. The predicted octanol–water partition coefficient (Wildman–Crippen LogP) is 1.48. The minimum Gasteiger partial charge on any atom is -0.347 e. The van der Waals surface area contributed by atoms with E-state index in [0.717, 1.165) is 5.69 Å². The summed E-state index contributed by atoms with van der Waals surface area (Å²) in [5, 5.41) is 2.85. The molecule has 15 heavy (non-hydrogen) atoms. The summed E-state index contributed by atoms with van der Waals surface area (Å²) in [6, 6.07) is 3.74. The number of amides is 1. The number of aromatic nitrogens is 1. The van der Waals surface area contributed by atoms with Gasteiger partial charge in [-0.2, -0.15) is 0 Å². The van der Waals surface area contributed by atoms with E-state index in [2.05, 4.69) is 11.2 Å². The van der Waals surface area contributed by atoms with Crippen LogP contribution in [-0.2, 0) is 7.05 Å². The smallest absolute Gasteiger partial charge is 0.268 e. The van der Waals surface area contributed by atoms with Crippen molar-refractivity contribution in [3.63, 3.8) is 0 Å². The Morgan fingerprint density at radius 1 is 1.67 bits per heavy atom. The number of nitrogens with one attached hydrogen (secondary N) is 1. The molecule has 0 saturated heterocycles. The Morgan fingerprint density at radius 3 is 2.80 bits per heavy atom. The van der Waals surface area contributed by atoms with E-state index in [0.29, 0.717) is 12.1 Å². The molecule has 0 radical (unpaired) electrons. The van der Waals surface area contributed by atoms with Crippen molar-refractivity contribution in [2.45, 2.75) is 26.3 Å². The number of terminal acetylenes is 1. The summed E-state index contributed by atoms with van der Waals surface area (Å²) in [6.45, 7) is 3.86. The Labute approximate surface area is 90.5 Å². The van der Waals surface area contributed by atoms with Crippen LogP contribution < -0.4 is 5.32 Å². The van der Waals surface area contributed by atoms with Crippen molar-refractivity contribution in [3.8, 4) is 12.3 Å². The van der Waals surface area contributed by atoms with Gasteiger partial charge in [-0.15, -0.1) is 12.3 Å². The van der Waals surface area contributed by atoms with E-state index in [-0.39, 0.29) is 11.9 Å². The Morgan fingerprint density at radius 2 is 2.33 bits per heavy atom. The fourth-order valence-electron chi connectivity index (χ4n) is 1.37. The molecule has 3 nitrogen and oxygen atoms in total. The highest BCUT2D eigenvalue weighted by Gasteiger charge is 2.12. The third kappa shape index (κ3) is 2.63. The molecule has 3 heteroatoms. The molecule has 0 bridgehead atoms. The van der Waals surface area contributed by atoms with Gasteiger partial charge in [0.25, 0.3) is 5.91 Å². The molecule has 0 aromatic carbocycles. The van der Waals surface area contributed by atoms with E-state index in [1.807, 2.05) is 37.6 Å². The van der Waals surface area contributed by atoms with E-state index in [9.17, 15) is 4.79 Å². The van der Waals surface area contributed by atoms with E-state index < -0.39 is 0 Å². The Bertz CT molecular complexity index is 398. The second-order valence-electron chi connectivity index (χ2n) is 3.70. The first-order chi connectivity index (χ1) is 7.06. The quantitative estimate of drug-likeness (QED) is 0.743. The maximum absolute atomic E-state index is 11.8. The summed E-state index contributed by atoms with van der Waals surface area (Å²) >= 11 is 0. The van der Waals surface area contributed by atoms with Crippen LogP contribution in [0.15, 0.2) is 12.1 Å². The molecule has 0 aliphatic heterocycles. The standard InChI is InChI=1S/C12H16N2O/c1-5-6-9(2)13-12(15)11-8-7-10(3)14(11)4/h1,7-9H,6H2,2-4H3,(H,13,15). The second-order valence-corrected chi connectivity index (χ2v) is 3.70. The van der Waals surface area contributed by atoms with Gasteiger partial charge in [0, 0.05) is 25.2 Å². The van der Waals surface area contributed by atoms with Crippen molar-refractivity contribution in [2.75, 3.05) is 0 Å². The molecule has 80 valence electrons. The first-order valence-corrected chi connectivity index (χ1v) is 4.93. The van der Waals surface area contributed by atoms with Gasteiger partial charge >= 0.3 is 0 Å². The van der Waals surface area contributed by atoms with Crippen LogP contribution in [0.4, 0.5) is 0 Å². The van der Waals surface area contributed by atoms with Crippen LogP contribution in [0.1, 0.15) is 29.5 Å². The molecule has 1 amide bonds. The molecule has 1 N–H and O–H groups in total. The van der Waals surface area contributed by atoms with E-state index in [4.69, 9.17) is 6.42 Å². The van der Waals surface area contributed by atoms with E-state index in [1.165, 1.54) is 0 Å². The molecule has 1 heterocycles. The SMILES string of the molecule is C#CCC(C)NC(=O)c1ccc(C)n1C. The highest BCUT2D eigenvalue weighted by molar-refractivity contribution is 5.93. The number of hydrogen-bond donors (Lipinski definition) is 1. The third-order valence-electron chi connectivity index (χ3n) is 2.41. The normalized spacial score (nSPS) is 11.9. The summed E-state index contributed by atoms with van der Waals surface area (Å²) in [4.78, 5) is 11.8. The molecule has 0 spiro atoms. The van der Waals surface area contributed by atoms with Crippen LogP contribution in [-0.4, -0.2) is 16.5 Å². The predicted molar refractivity (Wildman–Crippen MR) is 60.5 cm³/mol. The van der Waals surface area contributed by atoms with Gasteiger partial charge in [-0.25, -0.2) is 0 Å². The van der Waals surface area contributed by atoms with Gasteiger partial charge in [0.2, 0.25) is 0 Å². The summed E-state index contributed by atoms with van der Waals surface area (Å²) < 4.78 is 1.86. The summed E-state index contributed by atoms with van der Waals surface area (Å²) in [7, 11) is 1.87. The fourth-order valence-corrected chi connectivity index (χ4v) is 1.37. The Hall–Kier alpha value is -1.69. The van der Waals surface area contributed by atoms with Crippen molar-refractivity contribution in [3.05, 3.63) is 23.5 Å². The highest BCUT2D eigenvalue weighted by atomic mass is 16.2. The number of carbonyl (C=O) groups is 1. The van der Waals surface area contributed by atoms with Crippen molar-refractivity contribution < 1.29 is 4.79 Å². The lowest BCUT2D eigenvalue weighted by atomic mass is 10.2. The number of aryl methyl sites for hydroxylation is 1. The van der Waals surface area contributed by atoms with Crippen LogP contribution in [0.25, 0.3) is 0 Å². The molecule has 0 aliphatic carbocycles. The number of nitrogens with zero attached hydrogens (tertiary/aromatic N) is 1. The molecular weight excluding hydrogens is 188 g/mol. The number of carbonyl (C=O) groups excluding carboxylic acids is 1. The van der Waals surface area contributed by atoms with Crippen LogP contribution in [0.2, 0.25) is 0 Å². The fraction of sp³-hybridized carbons (Fsp3) is 0.417. The largest absolute Gasteiger partial charge is 0.347 e. The Kier molecular flexibility index (Phi) is 3.56. The lowest BCUT2D eigenvalue weighted by Crippen LogP contribution is -2.33. The topological polar surface area (TPSA) is 34.0 Å². The third-order valence-corrected chi connectivity index (χ3v) is 2.41. The molecule has 1 rings (SSSR count). The molecule has 1 aromatic heterocycles. The molecule has 1 atom stereocenters. The van der Waals surface area contributed by atoms with Gasteiger partial charge in [-0.3, -0.25) is 4.79 Å². The number of rotatable bonds is 3. The summed E-state index contributed by atoms with van der Waals surface area (Å²) in [5.74, 6) is 2.45. The van der Waals surface area contributed by atoms with E-state index in [1.54, 1.807) is 0 Å². The van der Waals surface area contributed by atoms with Crippen molar-refractivity contribution in [1.82, 2.24) is 9.88 Å². The van der Waals surface area contributed by atoms with Crippen LogP contribution in [0.5, 0.6) is 0 Å². The highest BCUT2D eigenvalue weighted by Crippen LogP contribution is 2.06. The molecular formula is C12H16N2O. The molecule has 0 aliphatic rings. The van der Waals surface area contributed by atoms with Crippen LogP contribution in [0, 0.1) is 19.3 Å². The Balaban J connectivity index is 2.70.